The number of oxazole rings is 1. The SMILES string of the molecule is O=C(Cc1ccc(F)cc1)N1CCN(c2ccc3[nH]c(=O)oc3c2)CC1. The minimum atomic E-state index is -0.464. The smallest absolute Gasteiger partial charge is 0.408 e. The number of carbonyl (C=O) groups is 1. The second-order valence-corrected chi connectivity index (χ2v) is 6.37. The molecule has 0 unspecified atom stereocenters. The summed E-state index contributed by atoms with van der Waals surface area (Å²) in [5.74, 6) is -0.721. The molecule has 6 nitrogen and oxygen atoms in total. The lowest BCUT2D eigenvalue weighted by molar-refractivity contribution is -0.130. The van der Waals surface area contributed by atoms with Gasteiger partial charge in [-0.3, -0.25) is 9.78 Å². The number of fused-ring (bicyclic) bond motifs is 1. The highest BCUT2D eigenvalue weighted by Gasteiger charge is 2.21. The topological polar surface area (TPSA) is 69.6 Å². The van der Waals surface area contributed by atoms with Gasteiger partial charge in [0.15, 0.2) is 5.58 Å². The van der Waals surface area contributed by atoms with E-state index in [1.54, 1.807) is 12.1 Å². The van der Waals surface area contributed by atoms with Gasteiger partial charge in [0.2, 0.25) is 5.91 Å². The molecule has 2 aromatic carbocycles. The van der Waals surface area contributed by atoms with Gasteiger partial charge in [-0.25, -0.2) is 9.18 Å². The number of carbonyl (C=O) groups excluding carboxylic acids is 1. The lowest BCUT2D eigenvalue weighted by Gasteiger charge is -2.36. The lowest BCUT2D eigenvalue weighted by Crippen LogP contribution is -2.49. The summed E-state index contributed by atoms with van der Waals surface area (Å²) in [6, 6.07) is 11.6. The first-order chi connectivity index (χ1) is 12.6. The minimum Gasteiger partial charge on any atom is -0.408 e. The van der Waals surface area contributed by atoms with Crippen LogP contribution in [0.3, 0.4) is 0 Å². The molecule has 1 aromatic heterocycles. The van der Waals surface area contributed by atoms with Gasteiger partial charge in [0, 0.05) is 37.9 Å². The zero-order valence-electron chi connectivity index (χ0n) is 14.1. The van der Waals surface area contributed by atoms with Crippen molar-refractivity contribution in [1.29, 1.82) is 0 Å². The van der Waals surface area contributed by atoms with E-state index in [9.17, 15) is 14.0 Å². The van der Waals surface area contributed by atoms with Crippen molar-refractivity contribution < 1.29 is 13.6 Å². The summed E-state index contributed by atoms with van der Waals surface area (Å²) in [4.78, 5) is 30.3. The van der Waals surface area contributed by atoms with E-state index in [-0.39, 0.29) is 18.1 Å². The molecular formula is C19H18FN3O3. The van der Waals surface area contributed by atoms with Gasteiger partial charge in [-0.05, 0) is 29.8 Å². The normalized spacial score (nSPS) is 14.8. The third-order valence-corrected chi connectivity index (χ3v) is 4.67. The van der Waals surface area contributed by atoms with Crippen molar-refractivity contribution in [2.24, 2.45) is 0 Å². The molecule has 1 aliphatic rings. The molecule has 4 rings (SSSR count). The molecule has 0 radical (unpaired) electrons. The van der Waals surface area contributed by atoms with E-state index in [0.29, 0.717) is 37.3 Å². The quantitative estimate of drug-likeness (QED) is 0.782. The highest BCUT2D eigenvalue weighted by Crippen LogP contribution is 2.21. The van der Waals surface area contributed by atoms with Gasteiger partial charge in [0.05, 0.1) is 11.9 Å². The van der Waals surface area contributed by atoms with E-state index in [4.69, 9.17) is 4.42 Å². The maximum Gasteiger partial charge on any atom is 0.417 e. The van der Waals surface area contributed by atoms with Crippen LogP contribution in [0, 0.1) is 5.82 Å². The Hall–Kier alpha value is -3.09. The summed E-state index contributed by atoms with van der Waals surface area (Å²) in [6.07, 6.45) is 0.279. The van der Waals surface area contributed by atoms with Gasteiger partial charge >= 0.3 is 5.76 Å². The number of halogens is 1. The lowest BCUT2D eigenvalue weighted by atomic mass is 10.1. The third-order valence-electron chi connectivity index (χ3n) is 4.67. The number of hydrogen-bond acceptors (Lipinski definition) is 4. The Morgan fingerprint density at radius 1 is 1.08 bits per heavy atom. The highest BCUT2D eigenvalue weighted by atomic mass is 19.1. The molecule has 1 N–H and O–H groups in total. The Morgan fingerprint density at radius 2 is 1.81 bits per heavy atom. The van der Waals surface area contributed by atoms with E-state index in [1.165, 1.54) is 12.1 Å². The van der Waals surface area contributed by atoms with Crippen LogP contribution in [0.2, 0.25) is 0 Å². The van der Waals surface area contributed by atoms with Gasteiger partial charge in [-0.15, -0.1) is 0 Å². The fourth-order valence-corrected chi connectivity index (χ4v) is 3.23. The van der Waals surface area contributed by atoms with Crippen molar-refractivity contribution in [3.8, 4) is 0 Å². The zero-order chi connectivity index (χ0) is 18.1. The van der Waals surface area contributed by atoms with Crippen molar-refractivity contribution >= 4 is 22.7 Å². The number of rotatable bonds is 3. The number of nitrogens with one attached hydrogen (secondary N) is 1. The Bertz CT molecular complexity index is 985. The molecule has 0 saturated carbocycles. The number of amides is 1. The van der Waals surface area contributed by atoms with Crippen LogP contribution in [0.5, 0.6) is 0 Å². The number of hydrogen-bond donors (Lipinski definition) is 1. The molecule has 1 amide bonds. The van der Waals surface area contributed by atoms with Crippen LogP contribution < -0.4 is 10.7 Å². The molecule has 0 spiro atoms. The molecule has 2 heterocycles. The molecule has 1 fully saturated rings. The predicted octanol–water partition coefficient (Wildman–Crippen LogP) is 2.15. The summed E-state index contributed by atoms with van der Waals surface area (Å²) < 4.78 is 18.1. The maximum atomic E-state index is 13.0. The Morgan fingerprint density at radius 3 is 2.54 bits per heavy atom. The van der Waals surface area contributed by atoms with E-state index in [2.05, 4.69) is 9.88 Å². The zero-order valence-corrected chi connectivity index (χ0v) is 14.1. The van der Waals surface area contributed by atoms with Crippen molar-refractivity contribution in [2.45, 2.75) is 6.42 Å². The van der Waals surface area contributed by atoms with Crippen LogP contribution in [0.15, 0.2) is 51.7 Å². The molecule has 1 saturated heterocycles. The molecule has 3 aromatic rings. The molecule has 7 heteroatoms. The number of benzene rings is 2. The van der Waals surface area contributed by atoms with Crippen LogP contribution in [0.1, 0.15) is 5.56 Å². The van der Waals surface area contributed by atoms with Gasteiger partial charge in [-0.2, -0.15) is 0 Å². The van der Waals surface area contributed by atoms with Gasteiger partial charge in [0.25, 0.3) is 0 Å². The molecule has 0 bridgehead atoms. The fourth-order valence-electron chi connectivity index (χ4n) is 3.23. The monoisotopic (exact) mass is 355 g/mol. The van der Waals surface area contributed by atoms with Crippen LogP contribution >= 0.6 is 0 Å². The standard InChI is InChI=1S/C19H18FN3O3/c20-14-3-1-13(2-4-14)11-18(24)23-9-7-22(8-10-23)15-5-6-16-17(12-15)26-19(25)21-16/h1-6,12H,7-11H2,(H,21,25). The molecule has 0 atom stereocenters. The van der Waals surface area contributed by atoms with Crippen LogP contribution in [0.25, 0.3) is 11.1 Å². The average molecular weight is 355 g/mol. The summed E-state index contributed by atoms with van der Waals surface area (Å²) in [7, 11) is 0. The highest BCUT2D eigenvalue weighted by molar-refractivity contribution is 5.79. The Kier molecular flexibility index (Phi) is 4.20. The Labute approximate surface area is 148 Å². The first-order valence-corrected chi connectivity index (χ1v) is 8.48. The fraction of sp³-hybridized carbons (Fsp3) is 0.263. The first kappa shape index (κ1) is 16.4. The molecular weight excluding hydrogens is 337 g/mol. The molecule has 1 aliphatic heterocycles. The second-order valence-electron chi connectivity index (χ2n) is 6.37. The molecule has 0 aliphatic carbocycles. The molecule has 134 valence electrons. The van der Waals surface area contributed by atoms with E-state index in [0.717, 1.165) is 11.3 Å². The van der Waals surface area contributed by atoms with E-state index < -0.39 is 5.76 Å². The van der Waals surface area contributed by atoms with Crippen LogP contribution in [0.4, 0.5) is 10.1 Å². The van der Waals surface area contributed by atoms with Crippen molar-refractivity contribution in [3.05, 3.63) is 64.4 Å². The van der Waals surface area contributed by atoms with Crippen molar-refractivity contribution in [3.63, 3.8) is 0 Å². The van der Waals surface area contributed by atoms with E-state index in [1.807, 2.05) is 23.1 Å². The van der Waals surface area contributed by atoms with Gasteiger partial charge < -0.3 is 14.2 Å². The number of H-pyrrole nitrogens is 1. The summed E-state index contributed by atoms with van der Waals surface area (Å²) >= 11 is 0. The third kappa shape index (κ3) is 3.33. The second kappa shape index (κ2) is 6.67. The van der Waals surface area contributed by atoms with Crippen molar-refractivity contribution in [1.82, 2.24) is 9.88 Å². The number of aromatic nitrogens is 1. The minimum absolute atomic E-state index is 0.0448. The van der Waals surface area contributed by atoms with Crippen LogP contribution in [-0.2, 0) is 11.2 Å². The number of anilines is 1. The average Bonchev–Trinajstić information content (AvgIpc) is 3.03. The first-order valence-electron chi connectivity index (χ1n) is 8.48. The van der Waals surface area contributed by atoms with Crippen LogP contribution in [-0.4, -0.2) is 42.0 Å². The number of nitrogens with zero attached hydrogens (tertiary/aromatic N) is 2. The largest absolute Gasteiger partial charge is 0.417 e. The Balaban J connectivity index is 1.38. The number of piperazine rings is 1. The van der Waals surface area contributed by atoms with E-state index >= 15 is 0 Å². The predicted molar refractivity (Wildman–Crippen MR) is 95.7 cm³/mol. The maximum absolute atomic E-state index is 13.0. The molecule has 26 heavy (non-hydrogen) atoms. The number of aromatic amines is 1. The van der Waals surface area contributed by atoms with Crippen molar-refractivity contribution in [2.75, 3.05) is 31.1 Å². The van der Waals surface area contributed by atoms with Gasteiger partial charge in [0.1, 0.15) is 5.82 Å². The van der Waals surface area contributed by atoms with Gasteiger partial charge in [-0.1, -0.05) is 12.1 Å². The summed E-state index contributed by atoms with van der Waals surface area (Å²) in [5.41, 5.74) is 2.98. The summed E-state index contributed by atoms with van der Waals surface area (Å²) in [5, 5.41) is 0. The summed E-state index contributed by atoms with van der Waals surface area (Å²) in [6.45, 7) is 2.65.